The smallest absolute Gasteiger partial charge is 0.165 e. The lowest BCUT2D eigenvalue weighted by atomic mass is 10.1. The van der Waals surface area contributed by atoms with Crippen molar-refractivity contribution in [1.82, 2.24) is 0 Å². The number of aromatic hydroxyl groups is 1. The van der Waals surface area contributed by atoms with E-state index in [4.69, 9.17) is 9.47 Å². The van der Waals surface area contributed by atoms with E-state index in [1.54, 1.807) is 6.08 Å². The first-order valence-corrected chi connectivity index (χ1v) is 11.1. The Balaban J connectivity index is 1.61. The Kier molecular flexibility index (Phi) is 9.89. The summed E-state index contributed by atoms with van der Waals surface area (Å²) in [6.07, 6.45) is 0.381. The number of aliphatic hydroxyl groups excluding tert-OH is 2. The second-order valence-corrected chi connectivity index (χ2v) is 7.87. The monoisotopic (exact) mass is 464 g/mol. The van der Waals surface area contributed by atoms with Gasteiger partial charge in [-0.1, -0.05) is 54.6 Å². The molecule has 0 amide bonds. The molecule has 3 aromatic rings. The Bertz CT molecular complexity index is 1080. The number of aliphatic hydroxyl groups is 2. The SMILES string of the molecule is Oc1ccc([C@H](O)CC=C=C(COc2ccccc2)C[C@@H](O)COCc2ccccc2)cc1F. The molecule has 0 saturated heterocycles. The summed E-state index contributed by atoms with van der Waals surface area (Å²) in [5, 5.41) is 30.1. The van der Waals surface area contributed by atoms with Gasteiger partial charge in [0.05, 0.1) is 25.4 Å². The molecule has 5 nitrogen and oxygen atoms in total. The number of benzene rings is 3. The lowest BCUT2D eigenvalue weighted by Crippen LogP contribution is -2.18. The zero-order valence-corrected chi connectivity index (χ0v) is 18.8. The van der Waals surface area contributed by atoms with E-state index in [2.05, 4.69) is 5.73 Å². The van der Waals surface area contributed by atoms with Crippen LogP contribution in [0, 0.1) is 5.82 Å². The van der Waals surface area contributed by atoms with Crippen molar-refractivity contribution in [3.05, 3.63) is 113 Å². The molecule has 3 aromatic carbocycles. The van der Waals surface area contributed by atoms with Gasteiger partial charge in [-0.2, -0.15) is 0 Å². The standard InChI is InChI=1S/C28H29FO5/c29-26-17-23(14-15-28(26)32)27(31)13-7-10-22(19-34-25-11-5-2-6-12-25)16-24(30)20-33-18-21-8-3-1-4-9-21/h1-9,11-12,14-15,17,24,27,30-32H,13,16,18-20H2/t10?,24-,27-/m1/s1. The van der Waals surface area contributed by atoms with Crippen LogP contribution in [-0.2, 0) is 11.3 Å². The molecule has 2 atom stereocenters. The van der Waals surface area contributed by atoms with Crippen molar-refractivity contribution in [2.75, 3.05) is 13.2 Å². The summed E-state index contributed by atoms with van der Waals surface area (Å²) in [5.74, 6) is -0.557. The molecule has 0 unspecified atom stereocenters. The minimum absolute atomic E-state index is 0.154. The van der Waals surface area contributed by atoms with Crippen molar-refractivity contribution >= 4 is 0 Å². The maximum absolute atomic E-state index is 13.6. The fourth-order valence-corrected chi connectivity index (χ4v) is 3.26. The number of ether oxygens (including phenoxy) is 2. The van der Waals surface area contributed by atoms with Gasteiger partial charge in [-0.05, 0) is 41.5 Å². The zero-order chi connectivity index (χ0) is 24.2. The minimum Gasteiger partial charge on any atom is -0.505 e. The molecule has 0 heterocycles. The van der Waals surface area contributed by atoms with Crippen molar-refractivity contribution < 1.29 is 29.2 Å². The third-order valence-electron chi connectivity index (χ3n) is 5.06. The maximum Gasteiger partial charge on any atom is 0.165 e. The fourth-order valence-electron chi connectivity index (χ4n) is 3.26. The number of phenolic OH excluding ortho intramolecular Hbond substituents is 1. The maximum atomic E-state index is 13.6. The topological polar surface area (TPSA) is 79.2 Å². The second kappa shape index (κ2) is 13.3. The third kappa shape index (κ3) is 8.50. The number of hydrogen-bond acceptors (Lipinski definition) is 5. The van der Waals surface area contributed by atoms with Crippen molar-refractivity contribution in [2.45, 2.75) is 31.7 Å². The highest BCUT2D eigenvalue weighted by molar-refractivity contribution is 5.29. The second-order valence-electron chi connectivity index (χ2n) is 7.87. The van der Waals surface area contributed by atoms with Gasteiger partial charge >= 0.3 is 0 Å². The molecule has 0 spiro atoms. The number of para-hydroxylation sites is 1. The molecule has 0 aliphatic heterocycles. The quantitative estimate of drug-likeness (QED) is 0.326. The highest BCUT2D eigenvalue weighted by atomic mass is 19.1. The van der Waals surface area contributed by atoms with Crippen LogP contribution in [0.15, 0.2) is 96.2 Å². The van der Waals surface area contributed by atoms with Gasteiger partial charge in [-0.25, -0.2) is 4.39 Å². The van der Waals surface area contributed by atoms with Crippen LogP contribution in [-0.4, -0.2) is 34.6 Å². The van der Waals surface area contributed by atoms with E-state index in [0.29, 0.717) is 23.5 Å². The molecule has 0 bridgehead atoms. The minimum atomic E-state index is -0.960. The van der Waals surface area contributed by atoms with Gasteiger partial charge in [-0.3, -0.25) is 0 Å². The van der Waals surface area contributed by atoms with Crippen LogP contribution in [0.3, 0.4) is 0 Å². The molecule has 178 valence electrons. The molecule has 3 N–H and O–H groups in total. The Morgan fingerprint density at radius 3 is 2.38 bits per heavy atom. The predicted octanol–water partition coefficient (Wildman–Crippen LogP) is 5.08. The first-order valence-electron chi connectivity index (χ1n) is 11.1. The van der Waals surface area contributed by atoms with E-state index in [1.807, 2.05) is 60.7 Å². The number of phenols is 1. The average molecular weight is 465 g/mol. The number of hydrogen-bond donors (Lipinski definition) is 3. The van der Waals surface area contributed by atoms with Crippen LogP contribution >= 0.6 is 0 Å². The molecule has 3 rings (SSSR count). The van der Waals surface area contributed by atoms with Crippen LogP contribution in [0.2, 0.25) is 0 Å². The summed E-state index contributed by atoms with van der Waals surface area (Å²) in [6.45, 7) is 0.768. The van der Waals surface area contributed by atoms with E-state index >= 15 is 0 Å². The summed E-state index contributed by atoms with van der Waals surface area (Å²) in [4.78, 5) is 0. The fraction of sp³-hybridized carbons (Fsp3) is 0.250. The molecule has 0 aliphatic rings. The van der Waals surface area contributed by atoms with Crippen LogP contribution in [0.1, 0.15) is 30.1 Å². The van der Waals surface area contributed by atoms with Crippen LogP contribution in [0.4, 0.5) is 4.39 Å². The van der Waals surface area contributed by atoms with Crippen LogP contribution in [0.25, 0.3) is 0 Å². The molecule has 34 heavy (non-hydrogen) atoms. The highest BCUT2D eigenvalue weighted by Crippen LogP contribution is 2.23. The largest absolute Gasteiger partial charge is 0.505 e. The Morgan fingerprint density at radius 2 is 1.68 bits per heavy atom. The average Bonchev–Trinajstić information content (AvgIpc) is 2.85. The van der Waals surface area contributed by atoms with Crippen molar-refractivity contribution in [3.63, 3.8) is 0 Å². The predicted molar refractivity (Wildman–Crippen MR) is 128 cm³/mol. The normalized spacial score (nSPS) is 12.4. The molecule has 6 heteroatoms. The molecule has 0 fully saturated rings. The van der Waals surface area contributed by atoms with Gasteiger partial charge in [0.25, 0.3) is 0 Å². The Morgan fingerprint density at radius 1 is 0.971 bits per heavy atom. The van der Waals surface area contributed by atoms with Gasteiger partial charge in [0.1, 0.15) is 12.4 Å². The zero-order valence-electron chi connectivity index (χ0n) is 18.8. The summed E-state index contributed by atoms with van der Waals surface area (Å²) in [5.41, 5.74) is 5.18. The molecule has 0 aromatic heterocycles. The first-order chi connectivity index (χ1) is 16.5. The number of rotatable bonds is 12. The van der Waals surface area contributed by atoms with Crippen LogP contribution in [0.5, 0.6) is 11.5 Å². The lowest BCUT2D eigenvalue weighted by molar-refractivity contribution is 0.0280. The lowest BCUT2D eigenvalue weighted by Gasteiger charge is -2.14. The van der Waals surface area contributed by atoms with E-state index in [-0.39, 0.29) is 26.1 Å². The van der Waals surface area contributed by atoms with E-state index < -0.39 is 23.8 Å². The first kappa shape index (κ1) is 25.2. The van der Waals surface area contributed by atoms with Gasteiger partial charge < -0.3 is 24.8 Å². The molecule has 0 aliphatic carbocycles. The van der Waals surface area contributed by atoms with Crippen molar-refractivity contribution in [2.24, 2.45) is 0 Å². The van der Waals surface area contributed by atoms with Crippen molar-refractivity contribution in [3.8, 4) is 11.5 Å². The molecular formula is C28H29FO5. The van der Waals surface area contributed by atoms with Crippen molar-refractivity contribution in [1.29, 1.82) is 0 Å². The summed E-state index contributed by atoms with van der Waals surface area (Å²) < 4.78 is 25.0. The third-order valence-corrected chi connectivity index (χ3v) is 5.06. The van der Waals surface area contributed by atoms with Gasteiger partial charge in [0.2, 0.25) is 0 Å². The molecular weight excluding hydrogens is 435 g/mol. The highest BCUT2D eigenvalue weighted by Gasteiger charge is 2.11. The summed E-state index contributed by atoms with van der Waals surface area (Å²) >= 11 is 0. The molecule has 0 radical (unpaired) electrons. The van der Waals surface area contributed by atoms with E-state index in [1.165, 1.54) is 12.1 Å². The molecule has 0 saturated carbocycles. The van der Waals surface area contributed by atoms with E-state index in [0.717, 1.165) is 11.6 Å². The Labute approximate surface area is 199 Å². The van der Waals surface area contributed by atoms with Gasteiger partial charge in [-0.15, -0.1) is 5.73 Å². The van der Waals surface area contributed by atoms with Gasteiger partial charge in [0.15, 0.2) is 11.6 Å². The summed E-state index contributed by atoms with van der Waals surface area (Å²) in [7, 11) is 0. The Hall–Kier alpha value is -3.41. The van der Waals surface area contributed by atoms with Crippen LogP contribution < -0.4 is 4.74 Å². The number of halogens is 1. The van der Waals surface area contributed by atoms with Gasteiger partial charge in [0, 0.05) is 18.4 Å². The van der Waals surface area contributed by atoms with E-state index in [9.17, 15) is 19.7 Å². The summed E-state index contributed by atoms with van der Waals surface area (Å²) in [6, 6.07) is 22.8.